The van der Waals surface area contributed by atoms with E-state index in [0.717, 1.165) is 24.3 Å². The minimum atomic E-state index is 0. The fourth-order valence-electron chi connectivity index (χ4n) is 3.60. The molecule has 0 radical (unpaired) electrons. The van der Waals surface area contributed by atoms with Gasteiger partial charge in [0, 0.05) is 12.6 Å². The maximum Gasteiger partial charge on any atom is 0.188 e. The SMILES string of the molecule is I.NC(=NCC1CCC1)NC1CC1C1CCCCC1. The first-order chi connectivity index (χ1) is 8.83. The highest BCUT2D eigenvalue weighted by Gasteiger charge is 2.43. The van der Waals surface area contributed by atoms with Crippen LogP contribution in [0.5, 0.6) is 0 Å². The summed E-state index contributed by atoms with van der Waals surface area (Å²) in [5.41, 5.74) is 5.97. The smallest absolute Gasteiger partial charge is 0.188 e. The number of hydrogen-bond donors (Lipinski definition) is 2. The van der Waals surface area contributed by atoms with E-state index >= 15 is 0 Å². The van der Waals surface area contributed by atoms with Crippen molar-refractivity contribution in [3.05, 3.63) is 0 Å². The van der Waals surface area contributed by atoms with Crippen LogP contribution in [0.25, 0.3) is 0 Å². The molecule has 0 bridgehead atoms. The highest BCUT2D eigenvalue weighted by atomic mass is 127. The Balaban J connectivity index is 0.00000133. The third kappa shape index (κ3) is 4.23. The van der Waals surface area contributed by atoms with Crippen molar-refractivity contribution in [1.82, 2.24) is 5.32 Å². The molecule has 3 saturated carbocycles. The van der Waals surface area contributed by atoms with Gasteiger partial charge in [-0.1, -0.05) is 38.5 Å². The van der Waals surface area contributed by atoms with Gasteiger partial charge < -0.3 is 11.1 Å². The normalized spacial score (nSPS) is 32.3. The van der Waals surface area contributed by atoms with Crippen molar-refractivity contribution >= 4 is 29.9 Å². The number of nitrogens with zero attached hydrogens (tertiary/aromatic N) is 1. The van der Waals surface area contributed by atoms with Crippen LogP contribution in [0.3, 0.4) is 0 Å². The first kappa shape index (κ1) is 15.4. The number of hydrogen-bond acceptors (Lipinski definition) is 1. The van der Waals surface area contributed by atoms with E-state index in [1.807, 2.05) is 0 Å². The molecule has 0 aromatic heterocycles. The van der Waals surface area contributed by atoms with Crippen LogP contribution in [-0.2, 0) is 0 Å². The molecule has 3 N–H and O–H groups in total. The summed E-state index contributed by atoms with van der Waals surface area (Å²) in [6.45, 7) is 0.944. The third-order valence-electron chi connectivity index (χ3n) is 5.17. The standard InChI is InChI=1S/C15H27N3.HI/c16-15(17-10-11-5-4-6-11)18-14-9-13(14)12-7-2-1-3-8-12;/h11-14H,1-10H2,(H3,16,17,18);1H. The molecule has 0 aliphatic heterocycles. The fourth-order valence-corrected chi connectivity index (χ4v) is 3.60. The van der Waals surface area contributed by atoms with E-state index in [0.29, 0.717) is 12.0 Å². The highest BCUT2D eigenvalue weighted by Crippen LogP contribution is 2.44. The lowest BCUT2D eigenvalue weighted by Crippen LogP contribution is -2.35. The van der Waals surface area contributed by atoms with Crippen molar-refractivity contribution in [2.75, 3.05) is 6.54 Å². The Labute approximate surface area is 134 Å². The maximum atomic E-state index is 5.97. The average molecular weight is 377 g/mol. The van der Waals surface area contributed by atoms with E-state index in [9.17, 15) is 0 Å². The molecule has 110 valence electrons. The van der Waals surface area contributed by atoms with Crippen LogP contribution < -0.4 is 11.1 Å². The molecule has 0 aromatic rings. The monoisotopic (exact) mass is 377 g/mol. The Kier molecular flexibility index (Phi) is 5.78. The van der Waals surface area contributed by atoms with Crippen LogP contribution in [0, 0.1) is 17.8 Å². The van der Waals surface area contributed by atoms with Crippen LogP contribution in [0.2, 0.25) is 0 Å². The van der Waals surface area contributed by atoms with Crippen LogP contribution >= 0.6 is 24.0 Å². The predicted octanol–water partition coefficient (Wildman–Crippen LogP) is 3.28. The third-order valence-corrected chi connectivity index (χ3v) is 5.17. The zero-order valence-corrected chi connectivity index (χ0v) is 14.1. The van der Waals surface area contributed by atoms with E-state index < -0.39 is 0 Å². The largest absolute Gasteiger partial charge is 0.370 e. The van der Waals surface area contributed by atoms with Crippen molar-refractivity contribution < 1.29 is 0 Å². The molecular weight excluding hydrogens is 349 g/mol. The molecule has 3 fully saturated rings. The van der Waals surface area contributed by atoms with Gasteiger partial charge in [-0.05, 0) is 37.0 Å². The second-order valence-corrected chi connectivity index (χ2v) is 6.57. The second-order valence-electron chi connectivity index (χ2n) is 6.57. The minimum absolute atomic E-state index is 0. The molecule has 0 spiro atoms. The van der Waals surface area contributed by atoms with Gasteiger partial charge in [-0.2, -0.15) is 0 Å². The van der Waals surface area contributed by atoms with Gasteiger partial charge in [-0.3, -0.25) is 4.99 Å². The molecule has 19 heavy (non-hydrogen) atoms. The van der Waals surface area contributed by atoms with Gasteiger partial charge >= 0.3 is 0 Å². The lowest BCUT2D eigenvalue weighted by molar-refractivity contribution is 0.315. The van der Waals surface area contributed by atoms with E-state index in [1.54, 1.807) is 0 Å². The van der Waals surface area contributed by atoms with Gasteiger partial charge in [0.2, 0.25) is 0 Å². The summed E-state index contributed by atoms with van der Waals surface area (Å²) in [6, 6.07) is 0.637. The van der Waals surface area contributed by atoms with Crippen LogP contribution in [0.4, 0.5) is 0 Å². The van der Waals surface area contributed by atoms with Crippen molar-refractivity contribution in [2.24, 2.45) is 28.5 Å². The Morgan fingerprint density at radius 2 is 1.79 bits per heavy atom. The first-order valence-electron chi connectivity index (χ1n) is 7.89. The van der Waals surface area contributed by atoms with Gasteiger partial charge in [-0.15, -0.1) is 24.0 Å². The molecule has 0 heterocycles. The summed E-state index contributed by atoms with van der Waals surface area (Å²) in [6.07, 6.45) is 12.6. The Hall–Kier alpha value is 0. The van der Waals surface area contributed by atoms with Gasteiger partial charge in [0.05, 0.1) is 0 Å². The van der Waals surface area contributed by atoms with Crippen molar-refractivity contribution in [1.29, 1.82) is 0 Å². The highest BCUT2D eigenvalue weighted by molar-refractivity contribution is 14.0. The van der Waals surface area contributed by atoms with Gasteiger partial charge in [0.25, 0.3) is 0 Å². The van der Waals surface area contributed by atoms with E-state index in [-0.39, 0.29) is 24.0 Å². The first-order valence-corrected chi connectivity index (χ1v) is 7.89. The zero-order chi connectivity index (χ0) is 12.4. The molecule has 0 amide bonds. The lowest BCUT2D eigenvalue weighted by Gasteiger charge is -2.23. The number of rotatable bonds is 4. The van der Waals surface area contributed by atoms with Gasteiger partial charge in [0.15, 0.2) is 5.96 Å². The predicted molar refractivity (Wildman–Crippen MR) is 90.9 cm³/mol. The summed E-state index contributed by atoms with van der Waals surface area (Å²) in [5, 5.41) is 3.43. The summed E-state index contributed by atoms with van der Waals surface area (Å²) in [4.78, 5) is 4.49. The van der Waals surface area contributed by atoms with E-state index in [1.165, 1.54) is 57.8 Å². The van der Waals surface area contributed by atoms with E-state index in [4.69, 9.17) is 5.73 Å². The zero-order valence-electron chi connectivity index (χ0n) is 11.8. The summed E-state index contributed by atoms with van der Waals surface area (Å²) in [7, 11) is 0. The number of guanidine groups is 1. The summed E-state index contributed by atoms with van der Waals surface area (Å²) < 4.78 is 0. The van der Waals surface area contributed by atoms with Gasteiger partial charge in [0.1, 0.15) is 0 Å². The Bertz CT molecular complexity index is 309. The molecule has 0 aromatic carbocycles. The molecule has 3 aliphatic carbocycles. The fraction of sp³-hybridized carbons (Fsp3) is 0.933. The Morgan fingerprint density at radius 3 is 2.42 bits per heavy atom. The number of nitrogens with one attached hydrogen (secondary N) is 1. The van der Waals surface area contributed by atoms with Crippen LogP contribution in [0.15, 0.2) is 4.99 Å². The molecule has 3 aliphatic rings. The van der Waals surface area contributed by atoms with Crippen molar-refractivity contribution in [2.45, 2.75) is 63.8 Å². The van der Waals surface area contributed by atoms with Crippen LogP contribution in [0.1, 0.15) is 57.8 Å². The molecule has 4 heteroatoms. The lowest BCUT2D eigenvalue weighted by atomic mass is 9.85. The maximum absolute atomic E-state index is 5.97. The van der Waals surface area contributed by atoms with Crippen LogP contribution in [-0.4, -0.2) is 18.5 Å². The van der Waals surface area contributed by atoms with Crippen molar-refractivity contribution in [3.8, 4) is 0 Å². The Morgan fingerprint density at radius 1 is 1.05 bits per heavy atom. The molecule has 3 nitrogen and oxygen atoms in total. The quantitative estimate of drug-likeness (QED) is 0.449. The van der Waals surface area contributed by atoms with Crippen molar-refractivity contribution in [3.63, 3.8) is 0 Å². The van der Waals surface area contributed by atoms with E-state index in [2.05, 4.69) is 10.3 Å². The number of nitrogens with two attached hydrogens (primary N) is 1. The molecule has 3 rings (SSSR count). The molecule has 2 atom stereocenters. The molecular formula is C15H28IN3. The average Bonchev–Trinajstić information content (AvgIpc) is 3.07. The topological polar surface area (TPSA) is 50.4 Å². The minimum Gasteiger partial charge on any atom is -0.370 e. The number of halogens is 1. The molecule has 2 unspecified atom stereocenters. The number of aliphatic imine (C=N–C) groups is 1. The molecule has 0 saturated heterocycles. The summed E-state index contributed by atoms with van der Waals surface area (Å²) >= 11 is 0. The summed E-state index contributed by atoms with van der Waals surface area (Å²) in [5.74, 6) is 3.38. The second kappa shape index (κ2) is 7.14. The van der Waals surface area contributed by atoms with Gasteiger partial charge in [-0.25, -0.2) is 0 Å².